The molecule has 0 saturated carbocycles. The highest BCUT2D eigenvalue weighted by molar-refractivity contribution is 6.02. The Bertz CT molecular complexity index is 624. The molecule has 0 N–H and O–H groups in total. The third-order valence-corrected chi connectivity index (χ3v) is 2.35. The van der Waals surface area contributed by atoms with Gasteiger partial charge in [-0.2, -0.15) is 0 Å². The standard InChI is InChI=1S/C14H8F2O3/c15-10-6-7-11(12(16)8-10)14(18)19-13(17)9-4-2-1-3-5-9/h1-8H. The van der Waals surface area contributed by atoms with Gasteiger partial charge in [-0.05, 0) is 24.3 Å². The van der Waals surface area contributed by atoms with Crippen molar-refractivity contribution in [1.29, 1.82) is 0 Å². The summed E-state index contributed by atoms with van der Waals surface area (Å²) >= 11 is 0. The SMILES string of the molecule is O=C(OC(=O)c1ccc(F)cc1F)c1ccccc1. The highest BCUT2D eigenvalue weighted by atomic mass is 19.1. The van der Waals surface area contributed by atoms with Crippen molar-refractivity contribution in [3.8, 4) is 0 Å². The van der Waals surface area contributed by atoms with Crippen molar-refractivity contribution in [2.45, 2.75) is 0 Å². The summed E-state index contributed by atoms with van der Waals surface area (Å²) in [7, 11) is 0. The van der Waals surface area contributed by atoms with E-state index in [-0.39, 0.29) is 5.56 Å². The Balaban J connectivity index is 2.15. The molecule has 2 aromatic rings. The molecule has 0 saturated heterocycles. The Morgan fingerprint density at radius 1 is 0.895 bits per heavy atom. The second-order valence-corrected chi connectivity index (χ2v) is 3.67. The third kappa shape index (κ3) is 3.01. The van der Waals surface area contributed by atoms with Crippen molar-refractivity contribution < 1.29 is 23.1 Å². The smallest absolute Gasteiger partial charge is 0.349 e. The maximum Gasteiger partial charge on any atom is 0.349 e. The molecule has 96 valence electrons. The van der Waals surface area contributed by atoms with E-state index in [0.29, 0.717) is 6.07 Å². The number of benzene rings is 2. The lowest BCUT2D eigenvalue weighted by molar-refractivity contribution is 0.0395. The number of hydrogen-bond acceptors (Lipinski definition) is 3. The zero-order valence-electron chi connectivity index (χ0n) is 9.60. The van der Waals surface area contributed by atoms with Crippen LogP contribution in [0.15, 0.2) is 48.5 Å². The van der Waals surface area contributed by atoms with Crippen molar-refractivity contribution in [2.24, 2.45) is 0 Å². The molecule has 0 aliphatic heterocycles. The molecule has 0 spiro atoms. The fourth-order valence-corrected chi connectivity index (χ4v) is 1.43. The number of carbonyl (C=O) groups is 2. The van der Waals surface area contributed by atoms with Gasteiger partial charge in [-0.1, -0.05) is 18.2 Å². The highest BCUT2D eigenvalue weighted by Gasteiger charge is 2.18. The zero-order chi connectivity index (χ0) is 13.8. The summed E-state index contributed by atoms with van der Waals surface area (Å²) in [5.41, 5.74) is -0.330. The number of rotatable bonds is 2. The molecule has 2 rings (SSSR count). The van der Waals surface area contributed by atoms with Gasteiger partial charge in [0, 0.05) is 6.07 Å². The Hall–Kier alpha value is -2.56. The van der Waals surface area contributed by atoms with Gasteiger partial charge in [-0.3, -0.25) is 0 Å². The molecular weight excluding hydrogens is 254 g/mol. The monoisotopic (exact) mass is 262 g/mol. The van der Waals surface area contributed by atoms with Crippen LogP contribution in [0.25, 0.3) is 0 Å². The van der Waals surface area contributed by atoms with E-state index in [4.69, 9.17) is 0 Å². The van der Waals surface area contributed by atoms with Gasteiger partial charge in [0.1, 0.15) is 11.6 Å². The van der Waals surface area contributed by atoms with Crippen molar-refractivity contribution in [3.63, 3.8) is 0 Å². The predicted molar refractivity (Wildman–Crippen MR) is 62.5 cm³/mol. The molecule has 0 unspecified atom stereocenters. The summed E-state index contributed by atoms with van der Waals surface area (Å²) in [6.45, 7) is 0. The molecule has 0 fully saturated rings. The van der Waals surface area contributed by atoms with E-state index < -0.39 is 29.1 Å². The molecule has 0 bridgehead atoms. The van der Waals surface area contributed by atoms with E-state index in [9.17, 15) is 18.4 Å². The quantitative estimate of drug-likeness (QED) is 0.617. The van der Waals surface area contributed by atoms with Crippen LogP contribution in [0.4, 0.5) is 8.78 Å². The van der Waals surface area contributed by atoms with Gasteiger partial charge < -0.3 is 4.74 Å². The summed E-state index contributed by atoms with van der Waals surface area (Å²) in [6.07, 6.45) is 0. The maximum atomic E-state index is 13.3. The number of esters is 2. The van der Waals surface area contributed by atoms with Crippen molar-refractivity contribution in [3.05, 3.63) is 71.3 Å². The molecular formula is C14H8F2O3. The zero-order valence-corrected chi connectivity index (χ0v) is 9.60. The first kappa shape index (κ1) is 12.9. The van der Waals surface area contributed by atoms with Crippen molar-refractivity contribution in [2.75, 3.05) is 0 Å². The van der Waals surface area contributed by atoms with Crippen LogP contribution in [0.5, 0.6) is 0 Å². The summed E-state index contributed by atoms with van der Waals surface area (Å²) < 4.78 is 30.5. The van der Waals surface area contributed by atoms with Crippen LogP contribution >= 0.6 is 0 Å². The van der Waals surface area contributed by atoms with E-state index in [1.165, 1.54) is 12.1 Å². The van der Waals surface area contributed by atoms with Crippen molar-refractivity contribution in [1.82, 2.24) is 0 Å². The van der Waals surface area contributed by atoms with Crippen LogP contribution in [0.1, 0.15) is 20.7 Å². The van der Waals surface area contributed by atoms with E-state index in [1.807, 2.05) is 0 Å². The van der Waals surface area contributed by atoms with Gasteiger partial charge in [0.25, 0.3) is 0 Å². The molecule has 2 aromatic carbocycles. The van der Waals surface area contributed by atoms with Crippen molar-refractivity contribution >= 4 is 11.9 Å². The number of halogens is 2. The molecule has 5 heteroatoms. The molecule has 0 aliphatic rings. The fourth-order valence-electron chi connectivity index (χ4n) is 1.43. The van der Waals surface area contributed by atoms with Gasteiger partial charge in [0.05, 0.1) is 11.1 Å². The van der Waals surface area contributed by atoms with Crippen LogP contribution in [0.3, 0.4) is 0 Å². The van der Waals surface area contributed by atoms with E-state index in [2.05, 4.69) is 4.74 Å². The molecule has 0 aromatic heterocycles. The minimum Gasteiger partial charge on any atom is -0.386 e. The average Bonchev–Trinajstić information content (AvgIpc) is 2.39. The molecule has 3 nitrogen and oxygen atoms in total. The lowest BCUT2D eigenvalue weighted by atomic mass is 10.2. The van der Waals surface area contributed by atoms with E-state index in [0.717, 1.165) is 12.1 Å². The summed E-state index contributed by atoms with van der Waals surface area (Å²) in [6, 6.07) is 10.2. The van der Waals surface area contributed by atoms with Crippen LogP contribution < -0.4 is 0 Å². The van der Waals surface area contributed by atoms with Gasteiger partial charge >= 0.3 is 11.9 Å². The Morgan fingerprint density at radius 3 is 2.21 bits per heavy atom. The minimum absolute atomic E-state index is 0.165. The molecule has 0 aliphatic carbocycles. The first-order valence-corrected chi connectivity index (χ1v) is 5.34. The lowest BCUT2D eigenvalue weighted by Crippen LogP contribution is -2.14. The second kappa shape index (κ2) is 5.39. The summed E-state index contributed by atoms with van der Waals surface area (Å²) in [4.78, 5) is 23.1. The molecule has 0 radical (unpaired) electrons. The topological polar surface area (TPSA) is 43.4 Å². The normalized spacial score (nSPS) is 10.0. The van der Waals surface area contributed by atoms with Crippen LogP contribution in [-0.2, 0) is 4.74 Å². The lowest BCUT2D eigenvalue weighted by Gasteiger charge is -2.04. The fraction of sp³-hybridized carbons (Fsp3) is 0. The Labute approximate surface area is 107 Å². The summed E-state index contributed by atoms with van der Waals surface area (Å²) in [5, 5.41) is 0. The second-order valence-electron chi connectivity index (χ2n) is 3.67. The minimum atomic E-state index is -1.16. The number of ether oxygens (including phenoxy) is 1. The first-order chi connectivity index (χ1) is 9.08. The van der Waals surface area contributed by atoms with Gasteiger partial charge in [-0.25, -0.2) is 18.4 Å². The molecule has 0 atom stereocenters. The van der Waals surface area contributed by atoms with Gasteiger partial charge in [0.2, 0.25) is 0 Å². The van der Waals surface area contributed by atoms with Crippen LogP contribution in [0, 0.1) is 11.6 Å². The van der Waals surface area contributed by atoms with Gasteiger partial charge in [0.15, 0.2) is 0 Å². The van der Waals surface area contributed by atoms with Crippen LogP contribution in [0.2, 0.25) is 0 Å². The number of carbonyl (C=O) groups excluding carboxylic acids is 2. The molecule has 0 heterocycles. The van der Waals surface area contributed by atoms with E-state index in [1.54, 1.807) is 18.2 Å². The first-order valence-electron chi connectivity index (χ1n) is 5.34. The largest absolute Gasteiger partial charge is 0.386 e. The highest BCUT2D eigenvalue weighted by Crippen LogP contribution is 2.12. The summed E-state index contributed by atoms with van der Waals surface area (Å²) in [5.74, 6) is -3.95. The van der Waals surface area contributed by atoms with Crippen LogP contribution in [-0.4, -0.2) is 11.9 Å². The maximum absolute atomic E-state index is 13.3. The average molecular weight is 262 g/mol. The van der Waals surface area contributed by atoms with E-state index >= 15 is 0 Å². The number of hydrogen-bond donors (Lipinski definition) is 0. The predicted octanol–water partition coefficient (Wildman–Crippen LogP) is 2.96. The Kier molecular flexibility index (Phi) is 3.66. The van der Waals surface area contributed by atoms with Gasteiger partial charge in [-0.15, -0.1) is 0 Å². The molecule has 0 amide bonds. The Morgan fingerprint density at radius 2 is 1.58 bits per heavy atom. The molecule has 19 heavy (non-hydrogen) atoms. The third-order valence-electron chi connectivity index (χ3n) is 2.35.